The lowest BCUT2D eigenvalue weighted by Gasteiger charge is -2.16. The van der Waals surface area contributed by atoms with Crippen molar-refractivity contribution in [3.63, 3.8) is 0 Å². The first-order valence-electron chi connectivity index (χ1n) is 35.1. The predicted molar refractivity (Wildman–Crippen MR) is 433 cm³/mol. The van der Waals surface area contributed by atoms with E-state index in [0.717, 1.165) is 78.3 Å². The van der Waals surface area contributed by atoms with Gasteiger partial charge >= 0.3 is 0 Å². The van der Waals surface area contributed by atoms with Gasteiger partial charge in [0.25, 0.3) is 0 Å². The number of ether oxygens (including phenoxy) is 10. The van der Waals surface area contributed by atoms with Crippen molar-refractivity contribution in [1.29, 1.82) is 0 Å². The third-order valence-electron chi connectivity index (χ3n) is 17.0. The van der Waals surface area contributed by atoms with Crippen LogP contribution in [0.2, 0.25) is 0 Å². The summed E-state index contributed by atoms with van der Waals surface area (Å²) in [5.41, 5.74) is 14.0. The van der Waals surface area contributed by atoms with Gasteiger partial charge in [0.15, 0.2) is 23.1 Å². The minimum atomic E-state index is -0.264. The Morgan fingerprint density at radius 2 is 0.778 bits per heavy atom. The van der Waals surface area contributed by atoms with E-state index in [1.54, 1.807) is 101 Å². The smallest absolute Gasteiger partial charge is 0.189 e. The van der Waals surface area contributed by atoms with E-state index in [4.69, 9.17) is 47.4 Å². The number of hydrogen-bond donors (Lipinski definition) is 2. The highest BCUT2D eigenvalue weighted by atomic mass is 16.5. The number of hydrogen-bond acceptors (Lipinski definition) is 16. The van der Waals surface area contributed by atoms with Gasteiger partial charge in [-0.2, -0.15) is 0 Å². The minimum absolute atomic E-state index is 0.0111. The molecule has 0 heterocycles. The van der Waals surface area contributed by atoms with Gasteiger partial charge in [-0.1, -0.05) is 86.0 Å². The van der Waals surface area contributed by atoms with Crippen molar-refractivity contribution in [3.8, 4) is 69.0 Å². The second-order valence-corrected chi connectivity index (χ2v) is 25.5. The van der Waals surface area contributed by atoms with E-state index in [1.807, 2.05) is 186 Å². The fourth-order valence-corrected chi connectivity index (χ4v) is 11.0. The molecule has 0 amide bonds. The minimum Gasteiger partial charge on any atom is -0.508 e. The molecule has 0 aliphatic rings. The van der Waals surface area contributed by atoms with Gasteiger partial charge in [0.2, 0.25) is 0 Å². The molecule has 9 aromatic rings. The zero-order chi connectivity index (χ0) is 79.1. The molecule has 0 aliphatic carbocycles. The van der Waals surface area contributed by atoms with E-state index in [0.29, 0.717) is 93.6 Å². The van der Waals surface area contributed by atoms with Crippen LogP contribution in [-0.2, 0) is 6.61 Å². The number of phenols is 2. The Balaban J connectivity index is 0.000000226. The summed E-state index contributed by atoms with van der Waals surface area (Å²) in [5.74, 6) is 5.64. The van der Waals surface area contributed by atoms with Gasteiger partial charge in [-0.25, -0.2) is 0 Å². The number of aromatic hydroxyl groups is 2. The summed E-state index contributed by atoms with van der Waals surface area (Å²) >= 11 is 0. The van der Waals surface area contributed by atoms with Gasteiger partial charge in [0.1, 0.15) is 88.8 Å². The monoisotopic (exact) mass is 1460 g/mol. The molecule has 564 valence electrons. The van der Waals surface area contributed by atoms with Crippen molar-refractivity contribution in [3.05, 3.63) is 296 Å². The Hall–Kier alpha value is -12.3. The lowest BCUT2D eigenvalue weighted by molar-refractivity contribution is 0.103. The number of ketones is 4. The molecule has 0 fully saturated rings. The topological polar surface area (TPSA) is 201 Å². The van der Waals surface area contributed by atoms with Crippen molar-refractivity contribution in [2.45, 2.75) is 102 Å². The van der Waals surface area contributed by atoms with Gasteiger partial charge in [0, 0.05) is 46.0 Å². The highest BCUT2D eigenvalue weighted by Crippen LogP contribution is 2.36. The summed E-state index contributed by atoms with van der Waals surface area (Å²) in [6.07, 6.45) is 16.2. The van der Waals surface area contributed by atoms with Crippen LogP contribution in [0.3, 0.4) is 0 Å². The molecule has 0 radical (unpaired) electrons. The Morgan fingerprint density at radius 1 is 0.380 bits per heavy atom. The summed E-state index contributed by atoms with van der Waals surface area (Å²) in [4.78, 5) is 50.7. The summed E-state index contributed by atoms with van der Waals surface area (Å²) < 4.78 is 55.9. The SMILES string of the molecule is C=CCOc1ccc(/C=C/C(=O)c2ccc(C)c(C)c2OC)c(OCC=C)c1.COc1c(C(=O)/C=C/c2ccc(C)cc2OCc2ccccc2)ccc(C)c1C.COc1c(C(=O)/C=C/c2ccc(OC(C)C)cc2OC(C)C)ccc(C)c1C.COc1ccc(C(=O)/C=C/c2ccc(O)cc2O)c(OC)c1C. The van der Waals surface area contributed by atoms with Crippen molar-refractivity contribution >= 4 is 47.4 Å². The fourth-order valence-electron chi connectivity index (χ4n) is 11.0. The summed E-state index contributed by atoms with van der Waals surface area (Å²) in [6, 6.07) is 45.8. The molecule has 0 saturated carbocycles. The number of methoxy groups -OCH3 is 5. The number of aryl methyl sites for hydroxylation is 4. The van der Waals surface area contributed by atoms with Crippen molar-refractivity contribution < 1.29 is 76.8 Å². The van der Waals surface area contributed by atoms with Crippen molar-refractivity contribution in [1.82, 2.24) is 0 Å². The predicted octanol–water partition coefficient (Wildman–Crippen LogP) is 20.5. The lowest BCUT2D eigenvalue weighted by atomic mass is 10.0. The van der Waals surface area contributed by atoms with Gasteiger partial charge < -0.3 is 57.6 Å². The number of carbonyl (C=O) groups excluding carboxylic acids is 4. The van der Waals surface area contributed by atoms with Crippen molar-refractivity contribution in [2.75, 3.05) is 48.8 Å². The maximum atomic E-state index is 12.8. The summed E-state index contributed by atoms with van der Waals surface area (Å²) in [6.45, 7) is 32.1. The molecule has 0 bridgehead atoms. The highest BCUT2D eigenvalue weighted by Gasteiger charge is 2.20. The van der Waals surface area contributed by atoms with Crippen molar-refractivity contribution in [2.24, 2.45) is 0 Å². The van der Waals surface area contributed by atoms with E-state index < -0.39 is 0 Å². The maximum absolute atomic E-state index is 12.8. The largest absolute Gasteiger partial charge is 0.508 e. The number of rotatable bonds is 30. The van der Waals surface area contributed by atoms with Crippen LogP contribution < -0.4 is 47.4 Å². The third kappa shape index (κ3) is 24.1. The molecule has 16 heteroatoms. The van der Waals surface area contributed by atoms with Crippen LogP contribution in [-0.4, -0.2) is 94.3 Å². The van der Waals surface area contributed by atoms with Crippen LogP contribution in [0.4, 0.5) is 0 Å². The molecule has 0 spiro atoms. The number of carbonyl (C=O) groups is 4. The molecule has 16 nitrogen and oxygen atoms in total. The Morgan fingerprint density at radius 3 is 1.22 bits per heavy atom. The highest BCUT2D eigenvalue weighted by molar-refractivity contribution is 6.11. The quantitative estimate of drug-likeness (QED) is 0.0244. The van der Waals surface area contributed by atoms with Gasteiger partial charge in [-0.05, 0) is 249 Å². The van der Waals surface area contributed by atoms with Gasteiger partial charge in [-0.15, -0.1) is 0 Å². The second kappa shape index (κ2) is 42.0. The first-order valence-corrected chi connectivity index (χ1v) is 35.1. The van der Waals surface area contributed by atoms with E-state index in [2.05, 4.69) is 13.2 Å². The Labute approximate surface area is 636 Å². The number of benzene rings is 9. The Kier molecular flexibility index (Phi) is 32.9. The van der Waals surface area contributed by atoms with E-state index in [9.17, 15) is 29.4 Å². The maximum Gasteiger partial charge on any atom is 0.189 e. The molecule has 9 rings (SSSR count). The number of allylic oxidation sites excluding steroid dienone is 4. The molecule has 0 aromatic heterocycles. The number of phenolic OH excluding ortho intramolecular Hbond substituents is 2. The molecule has 0 aliphatic heterocycles. The van der Waals surface area contributed by atoms with Gasteiger partial charge in [0.05, 0.1) is 70.0 Å². The summed E-state index contributed by atoms with van der Waals surface area (Å²) in [7, 11) is 7.80. The summed E-state index contributed by atoms with van der Waals surface area (Å²) in [5, 5.41) is 19.0. The molecular formula is C92H100O16. The molecule has 0 atom stereocenters. The van der Waals surface area contributed by atoms with Crippen LogP contribution >= 0.6 is 0 Å². The van der Waals surface area contributed by atoms with Crippen LogP contribution in [0.5, 0.6) is 69.0 Å². The fraction of sp³-hybridized carbons (Fsp3) is 0.239. The second-order valence-electron chi connectivity index (χ2n) is 25.5. The molecule has 9 aromatic carbocycles. The van der Waals surface area contributed by atoms with Crippen LogP contribution in [0.15, 0.2) is 201 Å². The van der Waals surface area contributed by atoms with Crippen LogP contribution in [0.25, 0.3) is 24.3 Å². The zero-order valence-electron chi connectivity index (χ0n) is 65.0. The molecule has 0 unspecified atom stereocenters. The normalized spacial score (nSPS) is 10.9. The van der Waals surface area contributed by atoms with E-state index >= 15 is 0 Å². The van der Waals surface area contributed by atoms with Gasteiger partial charge in [-0.3, -0.25) is 19.2 Å². The molecule has 108 heavy (non-hydrogen) atoms. The standard InChI is InChI=1S/C26H26O3.C24H30O4.C24H26O4.C18H18O5/c1-18-10-12-22(25(16-18)29-17-21-8-6-5-7-9-21)13-15-24(27)23-14-11-19(2)20(3)26(23)28-4;1-15(2)27-20-11-9-19(23(14-20)28-16(3)4)10-13-22(25)21-12-8-17(5)18(6)24(21)26-7;1-6-14-27-20-11-9-19(23(16-20)28-15-7-2)10-13-22(25)21-12-8-17(3)18(4)24(21)26-5;1-11-17(22-2)9-7-14(18(11)23-3)15(20)8-5-12-4-6-13(19)10-16(12)21/h5-16H,17H2,1-4H3;8-16H,1-7H3;6-13,16H,1-2,14-15H2,3-5H3;4-10,19,21H,1-3H3/b15-13+;2*13-10+;8-5+. The first kappa shape index (κ1) is 84.6. The Bertz CT molecular complexity index is 4740. The van der Waals surface area contributed by atoms with E-state index in [1.165, 1.54) is 43.5 Å². The first-order chi connectivity index (χ1) is 51.7. The average molecular weight is 1460 g/mol. The third-order valence-corrected chi connectivity index (χ3v) is 17.0. The molecule has 2 N–H and O–H groups in total. The lowest BCUT2D eigenvalue weighted by Crippen LogP contribution is -2.09. The molecular weight excluding hydrogens is 1360 g/mol. The zero-order valence-corrected chi connectivity index (χ0v) is 65.0. The average Bonchev–Trinajstić information content (AvgIpc) is 0.826. The molecule has 0 saturated heterocycles. The van der Waals surface area contributed by atoms with Crippen LogP contribution in [0.1, 0.15) is 141 Å². The van der Waals surface area contributed by atoms with Crippen LogP contribution in [0, 0.1) is 55.4 Å². The van der Waals surface area contributed by atoms with E-state index in [-0.39, 0.29) is 46.8 Å².